The van der Waals surface area contributed by atoms with Gasteiger partial charge in [-0.05, 0) is 25.2 Å². The average Bonchev–Trinajstić information content (AvgIpc) is 1.98. The minimum atomic E-state index is 0.336. The fourth-order valence-corrected chi connectivity index (χ4v) is 2.16. The molecule has 0 radical (unpaired) electrons. The van der Waals surface area contributed by atoms with E-state index in [0.717, 1.165) is 19.3 Å². The minimum Gasteiger partial charge on any atom is -0.299 e. The van der Waals surface area contributed by atoms with Gasteiger partial charge in [-0.25, -0.2) is 0 Å². The molecule has 1 fully saturated rings. The Labute approximate surface area is 75.5 Å². The van der Waals surface area contributed by atoms with Crippen molar-refractivity contribution in [2.24, 2.45) is 17.8 Å². The van der Waals surface area contributed by atoms with Crippen LogP contribution in [0.4, 0.5) is 0 Å². The van der Waals surface area contributed by atoms with E-state index < -0.39 is 0 Å². The van der Waals surface area contributed by atoms with E-state index in [1.165, 1.54) is 6.42 Å². The maximum absolute atomic E-state index is 11.7. The fourth-order valence-electron chi connectivity index (χ4n) is 2.16. The number of hydrogen-bond donors (Lipinski definition) is 0. The molecule has 1 nitrogen and oxygen atoms in total. The lowest BCUT2D eigenvalue weighted by atomic mass is 9.77. The zero-order valence-corrected chi connectivity index (χ0v) is 8.47. The molecule has 12 heavy (non-hydrogen) atoms. The van der Waals surface area contributed by atoms with Gasteiger partial charge in [0.1, 0.15) is 5.78 Å². The molecule has 1 heteroatoms. The Balaban J connectivity index is 2.46. The molecular formula is C11H20O. The second-order valence-electron chi connectivity index (χ2n) is 4.56. The van der Waals surface area contributed by atoms with Crippen molar-refractivity contribution < 1.29 is 4.79 Å². The molecule has 1 aliphatic carbocycles. The van der Waals surface area contributed by atoms with Crippen molar-refractivity contribution in [3.63, 3.8) is 0 Å². The smallest absolute Gasteiger partial charge is 0.138 e. The first-order chi connectivity index (χ1) is 5.61. The fraction of sp³-hybridized carbons (Fsp3) is 0.909. The van der Waals surface area contributed by atoms with Gasteiger partial charge in [-0.3, -0.25) is 4.79 Å². The Kier molecular flexibility index (Phi) is 3.30. The summed E-state index contributed by atoms with van der Waals surface area (Å²) >= 11 is 0. The molecule has 1 saturated carbocycles. The molecule has 0 bridgehead atoms. The van der Waals surface area contributed by atoms with Gasteiger partial charge in [-0.15, -0.1) is 0 Å². The summed E-state index contributed by atoms with van der Waals surface area (Å²) in [7, 11) is 0. The van der Waals surface area contributed by atoms with E-state index in [-0.39, 0.29) is 0 Å². The highest BCUT2D eigenvalue weighted by molar-refractivity contribution is 5.83. The van der Waals surface area contributed by atoms with Crippen LogP contribution < -0.4 is 0 Å². The van der Waals surface area contributed by atoms with Crippen molar-refractivity contribution in [1.82, 2.24) is 0 Å². The summed E-state index contributed by atoms with van der Waals surface area (Å²) in [6, 6.07) is 0. The molecule has 0 aromatic rings. The maximum Gasteiger partial charge on any atom is 0.138 e. The minimum absolute atomic E-state index is 0.336. The third kappa shape index (κ3) is 2.33. The molecule has 0 amide bonds. The second-order valence-corrected chi connectivity index (χ2v) is 4.56. The van der Waals surface area contributed by atoms with Crippen LogP contribution in [0.2, 0.25) is 0 Å². The number of carbonyl (C=O) groups is 1. The van der Waals surface area contributed by atoms with Crippen LogP contribution >= 0.6 is 0 Å². The van der Waals surface area contributed by atoms with Gasteiger partial charge < -0.3 is 0 Å². The predicted octanol–water partition coefficient (Wildman–Crippen LogP) is 3.04. The van der Waals surface area contributed by atoms with Gasteiger partial charge >= 0.3 is 0 Å². The molecule has 0 heterocycles. The predicted molar refractivity (Wildman–Crippen MR) is 51.0 cm³/mol. The molecule has 70 valence electrons. The Bertz CT molecular complexity index is 160. The molecule has 0 aromatic carbocycles. The topological polar surface area (TPSA) is 17.1 Å². The van der Waals surface area contributed by atoms with E-state index in [9.17, 15) is 4.79 Å². The van der Waals surface area contributed by atoms with Crippen molar-refractivity contribution in [1.29, 1.82) is 0 Å². The number of ketones is 1. The van der Waals surface area contributed by atoms with Crippen molar-refractivity contribution in [2.45, 2.75) is 46.5 Å². The zero-order valence-electron chi connectivity index (χ0n) is 8.47. The highest BCUT2D eigenvalue weighted by Gasteiger charge is 2.28. The first-order valence-corrected chi connectivity index (χ1v) is 5.15. The first-order valence-electron chi connectivity index (χ1n) is 5.15. The summed E-state index contributed by atoms with van der Waals surface area (Å²) in [5.41, 5.74) is 0. The van der Waals surface area contributed by atoms with Crippen LogP contribution in [0.3, 0.4) is 0 Å². The summed E-state index contributed by atoms with van der Waals surface area (Å²) < 4.78 is 0. The molecule has 1 aliphatic rings. The van der Waals surface area contributed by atoms with E-state index in [1.54, 1.807) is 0 Å². The van der Waals surface area contributed by atoms with Gasteiger partial charge in [0, 0.05) is 11.8 Å². The molecule has 0 spiro atoms. The second kappa shape index (κ2) is 4.06. The molecular weight excluding hydrogens is 148 g/mol. The molecule has 0 saturated heterocycles. The normalized spacial score (nSPS) is 31.2. The molecule has 0 aromatic heterocycles. The Morgan fingerprint density at radius 3 is 2.67 bits per heavy atom. The SMILES string of the molecule is CC(C)CC1CCCC(C)C1=O. The summed E-state index contributed by atoms with van der Waals surface area (Å²) in [5, 5.41) is 0. The number of Topliss-reactive ketones (excluding diaryl/α,β-unsaturated/α-hetero) is 1. The number of hydrogen-bond acceptors (Lipinski definition) is 1. The van der Waals surface area contributed by atoms with Crippen LogP contribution in [0, 0.1) is 17.8 Å². The van der Waals surface area contributed by atoms with Crippen molar-refractivity contribution >= 4 is 5.78 Å². The summed E-state index contributed by atoms with van der Waals surface area (Å²) in [5.74, 6) is 1.91. The largest absolute Gasteiger partial charge is 0.299 e. The van der Waals surface area contributed by atoms with Gasteiger partial charge in [0.2, 0.25) is 0 Å². The lowest BCUT2D eigenvalue weighted by Crippen LogP contribution is -2.27. The first kappa shape index (κ1) is 9.76. The van der Waals surface area contributed by atoms with Gasteiger partial charge in [0.05, 0.1) is 0 Å². The summed E-state index contributed by atoms with van der Waals surface area (Å²) in [6.45, 7) is 6.48. The molecule has 1 rings (SSSR count). The van der Waals surface area contributed by atoms with E-state index in [0.29, 0.717) is 23.5 Å². The molecule has 2 atom stereocenters. The third-order valence-corrected chi connectivity index (χ3v) is 2.83. The molecule has 2 unspecified atom stereocenters. The van der Waals surface area contributed by atoms with E-state index in [2.05, 4.69) is 20.8 Å². The van der Waals surface area contributed by atoms with E-state index >= 15 is 0 Å². The number of carbonyl (C=O) groups excluding carboxylic acids is 1. The summed E-state index contributed by atoms with van der Waals surface area (Å²) in [4.78, 5) is 11.7. The molecule has 0 N–H and O–H groups in total. The standard InChI is InChI=1S/C11H20O/c1-8(2)7-10-6-4-5-9(3)11(10)12/h8-10H,4-7H2,1-3H3. The van der Waals surface area contributed by atoms with E-state index in [4.69, 9.17) is 0 Å². The number of rotatable bonds is 2. The maximum atomic E-state index is 11.7. The van der Waals surface area contributed by atoms with E-state index in [1.807, 2.05) is 0 Å². The third-order valence-electron chi connectivity index (χ3n) is 2.83. The van der Waals surface area contributed by atoms with Crippen molar-refractivity contribution in [2.75, 3.05) is 0 Å². The van der Waals surface area contributed by atoms with Crippen LogP contribution in [0.1, 0.15) is 46.5 Å². The van der Waals surface area contributed by atoms with Crippen LogP contribution in [0.25, 0.3) is 0 Å². The molecule has 0 aliphatic heterocycles. The quantitative estimate of drug-likeness (QED) is 0.619. The van der Waals surface area contributed by atoms with Gasteiger partial charge in [-0.1, -0.05) is 27.2 Å². The van der Waals surface area contributed by atoms with Crippen LogP contribution in [0.5, 0.6) is 0 Å². The van der Waals surface area contributed by atoms with Crippen LogP contribution in [-0.4, -0.2) is 5.78 Å². The van der Waals surface area contributed by atoms with Crippen molar-refractivity contribution in [3.8, 4) is 0 Å². The lowest BCUT2D eigenvalue weighted by Gasteiger charge is -2.26. The van der Waals surface area contributed by atoms with Gasteiger partial charge in [-0.2, -0.15) is 0 Å². The highest BCUT2D eigenvalue weighted by Crippen LogP contribution is 2.29. The lowest BCUT2D eigenvalue weighted by molar-refractivity contribution is -0.129. The highest BCUT2D eigenvalue weighted by atomic mass is 16.1. The Morgan fingerprint density at radius 2 is 2.08 bits per heavy atom. The van der Waals surface area contributed by atoms with Gasteiger partial charge in [0.15, 0.2) is 0 Å². The van der Waals surface area contributed by atoms with Crippen LogP contribution in [-0.2, 0) is 4.79 Å². The van der Waals surface area contributed by atoms with Crippen molar-refractivity contribution in [3.05, 3.63) is 0 Å². The summed E-state index contributed by atoms with van der Waals surface area (Å²) in [6.07, 6.45) is 4.61. The Morgan fingerprint density at radius 1 is 1.42 bits per heavy atom. The van der Waals surface area contributed by atoms with Gasteiger partial charge in [0.25, 0.3) is 0 Å². The van der Waals surface area contributed by atoms with Crippen LogP contribution in [0.15, 0.2) is 0 Å². The Hall–Kier alpha value is -0.330. The zero-order chi connectivity index (χ0) is 9.14. The average molecular weight is 168 g/mol. The monoisotopic (exact) mass is 168 g/mol.